The van der Waals surface area contributed by atoms with E-state index in [1.54, 1.807) is 19.2 Å². The molecule has 3 rings (SSSR count). The monoisotopic (exact) mass is 361 g/mol. The Kier molecular flexibility index (Phi) is 5.94. The number of hydrogen-bond acceptors (Lipinski definition) is 3. The van der Waals surface area contributed by atoms with Crippen molar-refractivity contribution in [3.05, 3.63) is 84.4 Å². The first kappa shape index (κ1) is 18.3. The van der Waals surface area contributed by atoms with Crippen molar-refractivity contribution < 1.29 is 9.53 Å². The molecule has 0 heterocycles. The van der Waals surface area contributed by atoms with E-state index >= 15 is 0 Å². The van der Waals surface area contributed by atoms with E-state index in [-0.39, 0.29) is 12.1 Å². The molecule has 5 nitrogen and oxygen atoms in total. The minimum Gasteiger partial charge on any atom is -0.495 e. The van der Waals surface area contributed by atoms with E-state index in [0.717, 1.165) is 5.69 Å². The van der Waals surface area contributed by atoms with Gasteiger partial charge in [-0.3, -0.25) is 0 Å². The molecule has 2 amide bonds. The van der Waals surface area contributed by atoms with Crippen molar-refractivity contribution in [1.29, 1.82) is 0 Å². The van der Waals surface area contributed by atoms with Crippen LogP contribution in [0.3, 0.4) is 0 Å². The van der Waals surface area contributed by atoms with Crippen LogP contribution in [0.2, 0.25) is 0 Å². The molecule has 1 atom stereocenters. The fourth-order valence-corrected chi connectivity index (χ4v) is 2.76. The number of rotatable bonds is 6. The van der Waals surface area contributed by atoms with Crippen LogP contribution < -0.4 is 20.7 Å². The highest BCUT2D eigenvalue weighted by Gasteiger charge is 2.08. The molecule has 0 radical (unpaired) electrons. The number of hydrogen-bond donors (Lipinski definition) is 3. The van der Waals surface area contributed by atoms with Crippen LogP contribution in [0.4, 0.5) is 21.9 Å². The van der Waals surface area contributed by atoms with Gasteiger partial charge < -0.3 is 20.7 Å². The van der Waals surface area contributed by atoms with Crippen LogP contribution >= 0.6 is 0 Å². The molecule has 27 heavy (non-hydrogen) atoms. The van der Waals surface area contributed by atoms with Crippen molar-refractivity contribution in [3.63, 3.8) is 0 Å². The second kappa shape index (κ2) is 8.76. The third-order valence-corrected chi connectivity index (χ3v) is 4.18. The summed E-state index contributed by atoms with van der Waals surface area (Å²) in [5.41, 5.74) is 3.53. The molecule has 0 spiro atoms. The Balaban J connectivity index is 1.58. The molecular weight excluding hydrogens is 338 g/mol. The molecular formula is C22H23N3O2. The number of methoxy groups -OCH3 is 1. The maximum atomic E-state index is 12.2. The maximum Gasteiger partial charge on any atom is 0.323 e. The van der Waals surface area contributed by atoms with E-state index in [9.17, 15) is 4.79 Å². The average Bonchev–Trinajstić information content (AvgIpc) is 2.70. The minimum atomic E-state index is -0.321. The molecule has 3 aromatic rings. The number of urea groups is 1. The van der Waals surface area contributed by atoms with E-state index in [1.807, 2.05) is 54.6 Å². The number of nitrogens with one attached hydrogen (secondary N) is 3. The van der Waals surface area contributed by atoms with Gasteiger partial charge in [-0.1, -0.05) is 42.5 Å². The van der Waals surface area contributed by atoms with Crippen LogP contribution in [0.15, 0.2) is 78.9 Å². The quantitative estimate of drug-likeness (QED) is 0.542. The Morgan fingerprint density at radius 2 is 1.44 bits per heavy atom. The van der Waals surface area contributed by atoms with Crippen molar-refractivity contribution in [3.8, 4) is 5.75 Å². The van der Waals surface area contributed by atoms with Gasteiger partial charge in [-0.05, 0) is 48.9 Å². The van der Waals surface area contributed by atoms with Gasteiger partial charge in [-0.15, -0.1) is 0 Å². The summed E-state index contributed by atoms with van der Waals surface area (Å²) in [5, 5.41) is 9.06. The lowest BCUT2D eigenvalue weighted by Gasteiger charge is -2.16. The Morgan fingerprint density at radius 1 is 0.815 bits per heavy atom. The molecule has 0 bridgehead atoms. The fourth-order valence-electron chi connectivity index (χ4n) is 2.76. The second-order valence-electron chi connectivity index (χ2n) is 6.13. The Hall–Kier alpha value is -3.47. The van der Waals surface area contributed by atoms with E-state index in [2.05, 4.69) is 35.0 Å². The van der Waals surface area contributed by atoms with Crippen LogP contribution in [-0.2, 0) is 0 Å². The van der Waals surface area contributed by atoms with Crippen LogP contribution in [0.5, 0.6) is 5.75 Å². The molecule has 0 aliphatic carbocycles. The van der Waals surface area contributed by atoms with E-state index < -0.39 is 0 Å². The molecule has 138 valence electrons. The van der Waals surface area contributed by atoms with Crippen LogP contribution in [0, 0.1) is 0 Å². The number of benzene rings is 3. The molecule has 0 aromatic heterocycles. The molecule has 3 N–H and O–H groups in total. The van der Waals surface area contributed by atoms with E-state index in [1.165, 1.54) is 5.56 Å². The van der Waals surface area contributed by atoms with Gasteiger partial charge in [0, 0.05) is 17.4 Å². The number of ether oxygens (including phenoxy) is 1. The standard InChI is InChI=1S/C22H23N3O2/c1-16(17-8-4-3-5-9-17)23-18-12-14-19(15-13-18)24-22(26)25-20-10-6-7-11-21(20)27-2/h3-16,23H,1-2H3,(H2,24,25,26)/t16-/m0/s1. The van der Waals surface area contributed by atoms with Gasteiger partial charge in [0.2, 0.25) is 0 Å². The topological polar surface area (TPSA) is 62.4 Å². The molecule has 3 aromatic carbocycles. The highest BCUT2D eigenvalue weighted by Crippen LogP contribution is 2.24. The summed E-state index contributed by atoms with van der Waals surface area (Å²) in [7, 11) is 1.57. The summed E-state index contributed by atoms with van der Waals surface area (Å²) in [6, 6.07) is 25.0. The summed E-state index contributed by atoms with van der Waals surface area (Å²) in [5.74, 6) is 0.613. The Morgan fingerprint density at radius 3 is 2.15 bits per heavy atom. The summed E-state index contributed by atoms with van der Waals surface area (Å²) in [6.07, 6.45) is 0. The first-order valence-electron chi connectivity index (χ1n) is 8.78. The van der Waals surface area contributed by atoms with Crippen molar-refractivity contribution in [2.45, 2.75) is 13.0 Å². The molecule has 0 unspecified atom stereocenters. The number of carbonyl (C=O) groups excluding carboxylic acids is 1. The van der Waals surface area contributed by atoms with Gasteiger partial charge in [0.1, 0.15) is 5.75 Å². The smallest absolute Gasteiger partial charge is 0.323 e. The number of amides is 2. The molecule has 0 saturated heterocycles. The van der Waals surface area contributed by atoms with Gasteiger partial charge >= 0.3 is 6.03 Å². The third-order valence-electron chi connectivity index (χ3n) is 4.18. The zero-order valence-corrected chi connectivity index (χ0v) is 15.4. The van der Waals surface area contributed by atoms with Gasteiger partial charge in [-0.25, -0.2) is 4.79 Å². The number of para-hydroxylation sites is 2. The average molecular weight is 361 g/mol. The van der Waals surface area contributed by atoms with Gasteiger partial charge in [0.15, 0.2) is 0 Å². The van der Waals surface area contributed by atoms with Crippen LogP contribution in [0.1, 0.15) is 18.5 Å². The lowest BCUT2D eigenvalue weighted by molar-refractivity contribution is 0.262. The second-order valence-corrected chi connectivity index (χ2v) is 6.13. The maximum absolute atomic E-state index is 12.2. The van der Waals surface area contributed by atoms with Gasteiger partial charge in [0.25, 0.3) is 0 Å². The Bertz CT molecular complexity index is 880. The number of carbonyl (C=O) groups is 1. The van der Waals surface area contributed by atoms with Gasteiger partial charge in [-0.2, -0.15) is 0 Å². The van der Waals surface area contributed by atoms with Crippen molar-refractivity contribution >= 4 is 23.1 Å². The first-order valence-corrected chi connectivity index (χ1v) is 8.78. The number of anilines is 3. The van der Waals surface area contributed by atoms with Crippen molar-refractivity contribution in [1.82, 2.24) is 0 Å². The van der Waals surface area contributed by atoms with Crippen LogP contribution in [-0.4, -0.2) is 13.1 Å². The summed E-state index contributed by atoms with van der Waals surface area (Å²) >= 11 is 0. The SMILES string of the molecule is COc1ccccc1NC(=O)Nc1ccc(N[C@@H](C)c2ccccc2)cc1. The lowest BCUT2D eigenvalue weighted by atomic mass is 10.1. The van der Waals surface area contributed by atoms with Gasteiger partial charge in [0.05, 0.1) is 12.8 Å². The first-order chi connectivity index (χ1) is 13.2. The zero-order chi connectivity index (χ0) is 19.1. The van der Waals surface area contributed by atoms with E-state index in [0.29, 0.717) is 17.1 Å². The summed E-state index contributed by atoms with van der Waals surface area (Å²) in [4.78, 5) is 12.2. The predicted molar refractivity (Wildman–Crippen MR) is 111 cm³/mol. The fraction of sp³-hybridized carbons (Fsp3) is 0.136. The molecule has 5 heteroatoms. The van der Waals surface area contributed by atoms with Crippen LogP contribution in [0.25, 0.3) is 0 Å². The molecule has 0 aliphatic heterocycles. The van der Waals surface area contributed by atoms with E-state index in [4.69, 9.17) is 4.74 Å². The normalized spacial score (nSPS) is 11.3. The van der Waals surface area contributed by atoms with Crippen molar-refractivity contribution in [2.75, 3.05) is 23.1 Å². The molecule has 0 aliphatic rings. The minimum absolute atomic E-state index is 0.193. The molecule has 0 saturated carbocycles. The van der Waals surface area contributed by atoms with Crippen molar-refractivity contribution in [2.24, 2.45) is 0 Å². The zero-order valence-electron chi connectivity index (χ0n) is 15.4. The highest BCUT2D eigenvalue weighted by molar-refractivity contribution is 6.00. The predicted octanol–water partition coefficient (Wildman–Crippen LogP) is 5.51. The largest absolute Gasteiger partial charge is 0.495 e. The molecule has 0 fully saturated rings. The highest BCUT2D eigenvalue weighted by atomic mass is 16.5. The Labute approximate surface area is 159 Å². The summed E-state index contributed by atoms with van der Waals surface area (Å²) < 4.78 is 5.23. The lowest BCUT2D eigenvalue weighted by Crippen LogP contribution is -2.19. The summed E-state index contributed by atoms with van der Waals surface area (Å²) in [6.45, 7) is 2.11. The third kappa shape index (κ3) is 5.01.